The van der Waals surface area contributed by atoms with Crippen LogP contribution < -0.4 is 29.6 Å². The zero-order chi connectivity index (χ0) is 9.19. The normalized spacial score (nSPS) is 10.6. The van der Waals surface area contributed by atoms with Gasteiger partial charge in [0.1, 0.15) is 0 Å². The minimum absolute atomic E-state index is 0. The SMILES string of the molecule is O=S(=O)(O)c1ccc(CBr)cc1.[Na+]. The van der Waals surface area contributed by atoms with E-state index in [-0.39, 0.29) is 34.5 Å². The standard InChI is InChI=1S/C7H7BrO3S.Na/c8-5-6-1-3-7(4-2-6)12(9,10)11;/h1-4H,5H2,(H,9,10,11);/q;+1. The fourth-order valence-electron chi connectivity index (χ4n) is 0.751. The van der Waals surface area contributed by atoms with Crippen molar-refractivity contribution >= 4 is 26.0 Å². The summed E-state index contributed by atoms with van der Waals surface area (Å²) in [7, 11) is -4.04. The fourth-order valence-corrected chi connectivity index (χ4v) is 1.60. The first-order chi connectivity index (χ1) is 5.54. The van der Waals surface area contributed by atoms with Crippen molar-refractivity contribution in [1.82, 2.24) is 0 Å². The van der Waals surface area contributed by atoms with E-state index < -0.39 is 10.1 Å². The van der Waals surface area contributed by atoms with Crippen molar-refractivity contribution in [1.29, 1.82) is 0 Å². The van der Waals surface area contributed by atoms with E-state index in [1.165, 1.54) is 12.1 Å². The summed E-state index contributed by atoms with van der Waals surface area (Å²) in [5, 5.41) is 0.665. The van der Waals surface area contributed by atoms with Crippen molar-refractivity contribution in [3.05, 3.63) is 29.8 Å². The van der Waals surface area contributed by atoms with Crippen LogP contribution in [0, 0.1) is 0 Å². The van der Waals surface area contributed by atoms with Gasteiger partial charge in [0, 0.05) is 5.33 Å². The Balaban J connectivity index is 0.00000144. The van der Waals surface area contributed by atoms with Crippen LogP contribution in [0.2, 0.25) is 0 Å². The molecule has 3 nitrogen and oxygen atoms in total. The monoisotopic (exact) mass is 273 g/mol. The maximum atomic E-state index is 10.6. The molecule has 0 saturated heterocycles. The van der Waals surface area contributed by atoms with Crippen molar-refractivity contribution in [3.8, 4) is 0 Å². The van der Waals surface area contributed by atoms with Crippen molar-refractivity contribution in [2.75, 3.05) is 0 Å². The van der Waals surface area contributed by atoms with Crippen molar-refractivity contribution in [2.45, 2.75) is 10.2 Å². The summed E-state index contributed by atoms with van der Waals surface area (Å²) in [6.07, 6.45) is 0. The van der Waals surface area contributed by atoms with E-state index in [1.54, 1.807) is 12.1 Å². The summed E-state index contributed by atoms with van der Waals surface area (Å²) in [4.78, 5) is -0.0767. The van der Waals surface area contributed by atoms with Gasteiger partial charge in [-0.05, 0) is 17.7 Å². The van der Waals surface area contributed by atoms with Crippen LogP contribution in [0.1, 0.15) is 5.56 Å². The molecule has 0 saturated carbocycles. The second-order valence-corrected chi connectivity index (χ2v) is 4.23. The van der Waals surface area contributed by atoms with E-state index in [0.29, 0.717) is 5.33 Å². The quantitative estimate of drug-likeness (QED) is 0.420. The molecule has 0 atom stereocenters. The van der Waals surface area contributed by atoms with Gasteiger partial charge in [0.15, 0.2) is 0 Å². The smallest absolute Gasteiger partial charge is 0.282 e. The molecule has 13 heavy (non-hydrogen) atoms. The third-order valence-electron chi connectivity index (χ3n) is 1.38. The minimum atomic E-state index is -4.04. The molecule has 0 aliphatic carbocycles. The summed E-state index contributed by atoms with van der Waals surface area (Å²) >= 11 is 3.22. The van der Waals surface area contributed by atoms with E-state index in [2.05, 4.69) is 15.9 Å². The van der Waals surface area contributed by atoms with E-state index in [1.807, 2.05) is 0 Å². The molecule has 0 spiro atoms. The van der Waals surface area contributed by atoms with Gasteiger partial charge < -0.3 is 0 Å². The molecular weight excluding hydrogens is 267 g/mol. The molecular formula is C7H7BrNaO3S+. The molecule has 0 aliphatic rings. The van der Waals surface area contributed by atoms with Gasteiger partial charge in [-0.2, -0.15) is 8.42 Å². The molecule has 1 aromatic rings. The van der Waals surface area contributed by atoms with Crippen LogP contribution in [0.25, 0.3) is 0 Å². The second-order valence-electron chi connectivity index (χ2n) is 2.25. The number of hydrogen-bond acceptors (Lipinski definition) is 2. The number of halogens is 1. The largest absolute Gasteiger partial charge is 1.00 e. The van der Waals surface area contributed by atoms with Crippen LogP contribution >= 0.6 is 15.9 Å². The van der Waals surface area contributed by atoms with Crippen molar-refractivity contribution in [3.63, 3.8) is 0 Å². The molecule has 0 heterocycles. The Hall–Kier alpha value is 0.610. The molecule has 0 aromatic heterocycles. The first-order valence-electron chi connectivity index (χ1n) is 3.16. The minimum Gasteiger partial charge on any atom is -0.282 e. The maximum Gasteiger partial charge on any atom is 1.00 e. The predicted molar refractivity (Wildman–Crippen MR) is 48.9 cm³/mol. The maximum absolute atomic E-state index is 10.6. The molecule has 0 bridgehead atoms. The van der Waals surface area contributed by atoms with Crippen LogP contribution in [-0.2, 0) is 15.4 Å². The van der Waals surface area contributed by atoms with Gasteiger partial charge in [0.2, 0.25) is 0 Å². The topological polar surface area (TPSA) is 54.4 Å². The van der Waals surface area contributed by atoms with E-state index >= 15 is 0 Å². The Labute approximate surface area is 108 Å². The molecule has 0 amide bonds. The van der Waals surface area contributed by atoms with Crippen molar-refractivity contribution in [2.24, 2.45) is 0 Å². The van der Waals surface area contributed by atoms with Gasteiger partial charge in [-0.3, -0.25) is 4.55 Å². The Morgan fingerprint density at radius 2 is 1.69 bits per heavy atom. The molecule has 6 heteroatoms. The van der Waals surface area contributed by atoms with Crippen molar-refractivity contribution < 1.29 is 42.5 Å². The first-order valence-corrected chi connectivity index (χ1v) is 5.72. The molecule has 66 valence electrons. The average molecular weight is 274 g/mol. The Bertz CT molecular complexity index is 360. The van der Waals surface area contributed by atoms with Crippen LogP contribution in [0.15, 0.2) is 29.2 Å². The van der Waals surface area contributed by atoms with Gasteiger partial charge in [-0.1, -0.05) is 28.1 Å². The number of hydrogen-bond donors (Lipinski definition) is 1. The summed E-state index contributed by atoms with van der Waals surface area (Å²) < 4.78 is 29.8. The number of alkyl halides is 1. The van der Waals surface area contributed by atoms with Crippen LogP contribution in [-0.4, -0.2) is 13.0 Å². The molecule has 1 N–H and O–H groups in total. The summed E-state index contributed by atoms with van der Waals surface area (Å²) in [6, 6.07) is 6.01. The molecule has 0 fully saturated rings. The fraction of sp³-hybridized carbons (Fsp3) is 0.143. The first kappa shape index (κ1) is 13.6. The predicted octanol–water partition coefficient (Wildman–Crippen LogP) is -1.17. The van der Waals surface area contributed by atoms with E-state index in [9.17, 15) is 8.42 Å². The number of rotatable bonds is 2. The zero-order valence-corrected chi connectivity index (χ0v) is 11.5. The van der Waals surface area contributed by atoms with Gasteiger partial charge >= 0.3 is 29.6 Å². The molecule has 0 unspecified atom stereocenters. The molecule has 1 aromatic carbocycles. The van der Waals surface area contributed by atoms with Crippen LogP contribution in [0.4, 0.5) is 0 Å². The molecule has 0 aliphatic heterocycles. The summed E-state index contributed by atoms with van der Waals surface area (Å²) in [5.74, 6) is 0. The second kappa shape index (κ2) is 5.48. The Morgan fingerprint density at radius 3 is 2.00 bits per heavy atom. The van der Waals surface area contributed by atoms with Crippen LogP contribution in [0.5, 0.6) is 0 Å². The van der Waals surface area contributed by atoms with Gasteiger partial charge in [-0.15, -0.1) is 0 Å². The Kier molecular flexibility index (Phi) is 5.74. The van der Waals surface area contributed by atoms with Gasteiger partial charge in [0.25, 0.3) is 10.1 Å². The van der Waals surface area contributed by atoms with Crippen LogP contribution in [0.3, 0.4) is 0 Å². The third-order valence-corrected chi connectivity index (χ3v) is 2.89. The summed E-state index contributed by atoms with van der Waals surface area (Å²) in [6.45, 7) is 0. The van der Waals surface area contributed by atoms with Gasteiger partial charge in [0.05, 0.1) is 4.90 Å². The third kappa shape index (κ3) is 4.10. The number of benzene rings is 1. The average Bonchev–Trinajstić information content (AvgIpc) is 2.03. The zero-order valence-electron chi connectivity index (χ0n) is 7.07. The van der Waals surface area contributed by atoms with Gasteiger partial charge in [-0.25, -0.2) is 0 Å². The molecule has 1 rings (SSSR count). The Morgan fingerprint density at radius 1 is 1.23 bits per heavy atom. The molecule has 0 radical (unpaired) electrons. The summed E-state index contributed by atoms with van der Waals surface area (Å²) in [5.41, 5.74) is 0.961. The van der Waals surface area contributed by atoms with E-state index in [0.717, 1.165) is 5.56 Å². The van der Waals surface area contributed by atoms with E-state index in [4.69, 9.17) is 4.55 Å².